The summed E-state index contributed by atoms with van der Waals surface area (Å²) in [6.45, 7) is 10.6. The topological polar surface area (TPSA) is 53.7 Å². The van der Waals surface area contributed by atoms with Crippen molar-refractivity contribution in [2.45, 2.75) is 40.2 Å². The van der Waals surface area contributed by atoms with Crippen LogP contribution in [0.1, 0.15) is 42.3 Å². The first-order valence-electron chi connectivity index (χ1n) is 8.49. The molecule has 0 amide bonds. The molecule has 1 N–H and O–H groups in total. The van der Waals surface area contributed by atoms with Gasteiger partial charge in [0.1, 0.15) is 5.76 Å². The number of rotatable bonds is 6. The Morgan fingerprint density at radius 3 is 2.58 bits per heavy atom. The molecule has 0 aliphatic heterocycles. The van der Waals surface area contributed by atoms with E-state index >= 15 is 0 Å². The molecule has 24 heavy (non-hydrogen) atoms. The quantitative estimate of drug-likeness (QED) is 0.651. The molecule has 0 spiro atoms. The average Bonchev–Trinajstić information content (AvgIpc) is 2.91. The lowest BCUT2D eigenvalue weighted by Gasteiger charge is -2.22. The van der Waals surface area contributed by atoms with Gasteiger partial charge in [0.2, 0.25) is 0 Å². The Labute approximate surface area is 144 Å². The highest BCUT2D eigenvalue weighted by Crippen LogP contribution is 2.23. The van der Waals surface area contributed by atoms with Crippen LogP contribution in [0.2, 0.25) is 0 Å². The zero-order chi connectivity index (χ0) is 17.5. The molecule has 1 heterocycles. The SMILES string of the molecule is CCNC(=NCC(C)c1c(C)noc1C)N(C)Cc1ccccc1. The van der Waals surface area contributed by atoms with Crippen molar-refractivity contribution in [3.63, 3.8) is 0 Å². The second-order valence-electron chi connectivity index (χ2n) is 6.18. The minimum atomic E-state index is 0.273. The number of aliphatic imine (C=N–C) groups is 1. The summed E-state index contributed by atoms with van der Waals surface area (Å²) in [6.07, 6.45) is 0. The fourth-order valence-corrected chi connectivity index (χ4v) is 2.91. The second-order valence-corrected chi connectivity index (χ2v) is 6.18. The molecule has 0 fully saturated rings. The summed E-state index contributed by atoms with van der Waals surface area (Å²) in [7, 11) is 2.06. The summed E-state index contributed by atoms with van der Waals surface area (Å²) in [5.74, 6) is 2.08. The molecule has 0 radical (unpaired) electrons. The number of aryl methyl sites for hydroxylation is 2. The molecule has 1 aromatic carbocycles. The monoisotopic (exact) mass is 328 g/mol. The molecule has 2 rings (SSSR count). The van der Waals surface area contributed by atoms with Gasteiger partial charge in [-0.15, -0.1) is 0 Å². The normalized spacial score (nSPS) is 13.0. The second kappa shape index (κ2) is 8.52. The van der Waals surface area contributed by atoms with Crippen molar-refractivity contribution in [3.05, 3.63) is 52.9 Å². The molecule has 0 saturated heterocycles. The number of hydrogen-bond acceptors (Lipinski definition) is 3. The van der Waals surface area contributed by atoms with Crippen molar-refractivity contribution in [3.8, 4) is 0 Å². The van der Waals surface area contributed by atoms with Gasteiger partial charge in [-0.1, -0.05) is 42.4 Å². The molecule has 1 aromatic heterocycles. The summed E-state index contributed by atoms with van der Waals surface area (Å²) in [4.78, 5) is 6.96. The highest BCUT2D eigenvalue weighted by molar-refractivity contribution is 5.79. The number of hydrogen-bond donors (Lipinski definition) is 1. The van der Waals surface area contributed by atoms with Crippen molar-refractivity contribution in [1.29, 1.82) is 0 Å². The van der Waals surface area contributed by atoms with Crippen LogP contribution in [0.4, 0.5) is 0 Å². The van der Waals surface area contributed by atoms with Crippen molar-refractivity contribution in [2.75, 3.05) is 20.1 Å². The summed E-state index contributed by atoms with van der Waals surface area (Å²) in [5, 5.41) is 7.41. The van der Waals surface area contributed by atoms with Crippen LogP contribution in [0.25, 0.3) is 0 Å². The van der Waals surface area contributed by atoms with E-state index in [0.717, 1.165) is 30.5 Å². The first-order chi connectivity index (χ1) is 11.5. The minimum Gasteiger partial charge on any atom is -0.361 e. The lowest BCUT2D eigenvalue weighted by atomic mass is 10.00. The third-order valence-electron chi connectivity index (χ3n) is 4.06. The van der Waals surface area contributed by atoms with Crippen LogP contribution in [-0.4, -0.2) is 36.2 Å². The fourth-order valence-electron chi connectivity index (χ4n) is 2.91. The predicted molar refractivity (Wildman–Crippen MR) is 98.3 cm³/mol. The van der Waals surface area contributed by atoms with Gasteiger partial charge < -0.3 is 14.7 Å². The maximum atomic E-state index is 5.27. The van der Waals surface area contributed by atoms with Crippen molar-refractivity contribution in [2.24, 2.45) is 4.99 Å². The lowest BCUT2D eigenvalue weighted by molar-refractivity contribution is 0.391. The van der Waals surface area contributed by atoms with Gasteiger partial charge in [0.05, 0.1) is 5.69 Å². The molecule has 1 unspecified atom stereocenters. The van der Waals surface area contributed by atoms with E-state index in [1.807, 2.05) is 19.9 Å². The van der Waals surface area contributed by atoms with Crippen LogP contribution in [0, 0.1) is 13.8 Å². The summed E-state index contributed by atoms with van der Waals surface area (Å²) >= 11 is 0. The van der Waals surface area contributed by atoms with Gasteiger partial charge in [-0.2, -0.15) is 0 Å². The molecule has 5 nitrogen and oxygen atoms in total. The molecule has 0 aliphatic rings. The van der Waals surface area contributed by atoms with E-state index in [1.54, 1.807) is 0 Å². The van der Waals surface area contributed by atoms with E-state index in [-0.39, 0.29) is 5.92 Å². The Kier molecular flexibility index (Phi) is 6.41. The largest absolute Gasteiger partial charge is 0.361 e. The van der Waals surface area contributed by atoms with E-state index in [4.69, 9.17) is 9.52 Å². The molecule has 0 aliphatic carbocycles. The van der Waals surface area contributed by atoms with E-state index in [0.29, 0.717) is 6.54 Å². The van der Waals surface area contributed by atoms with Gasteiger partial charge in [-0.25, -0.2) is 0 Å². The number of nitrogens with one attached hydrogen (secondary N) is 1. The van der Waals surface area contributed by atoms with E-state index in [1.165, 1.54) is 11.1 Å². The molecule has 130 valence electrons. The Morgan fingerprint density at radius 1 is 1.29 bits per heavy atom. The van der Waals surface area contributed by atoms with Gasteiger partial charge in [0, 0.05) is 38.2 Å². The van der Waals surface area contributed by atoms with Crippen LogP contribution in [0.15, 0.2) is 39.8 Å². The van der Waals surface area contributed by atoms with Crippen LogP contribution in [0.5, 0.6) is 0 Å². The molecule has 2 aromatic rings. The Hall–Kier alpha value is -2.30. The molecule has 5 heteroatoms. The number of benzene rings is 1. The maximum absolute atomic E-state index is 5.27. The molecular weight excluding hydrogens is 300 g/mol. The summed E-state index contributed by atoms with van der Waals surface area (Å²) < 4.78 is 5.27. The van der Waals surface area contributed by atoms with E-state index in [2.05, 4.69) is 60.5 Å². The van der Waals surface area contributed by atoms with E-state index < -0.39 is 0 Å². The predicted octanol–water partition coefficient (Wildman–Crippen LogP) is 3.49. The van der Waals surface area contributed by atoms with Gasteiger partial charge in [-0.05, 0) is 26.3 Å². The molecular formula is C19H28N4O. The first-order valence-corrected chi connectivity index (χ1v) is 8.49. The van der Waals surface area contributed by atoms with Crippen LogP contribution >= 0.6 is 0 Å². The van der Waals surface area contributed by atoms with Gasteiger partial charge in [-0.3, -0.25) is 4.99 Å². The summed E-state index contributed by atoms with van der Waals surface area (Å²) in [6, 6.07) is 10.4. The van der Waals surface area contributed by atoms with Crippen LogP contribution in [-0.2, 0) is 6.54 Å². The van der Waals surface area contributed by atoms with Crippen molar-refractivity contribution < 1.29 is 4.52 Å². The van der Waals surface area contributed by atoms with Gasteiger partial charge in [0.15, 0.2) is 5.96 Å². The minimum absolute atomic E-state index is 0.273. The average molecular weight is 328 g/mol. The molecule has 0 saturated carbocycles. The third kappa shape index (κ3) is 4.60. The van der Waals surface area contributed by atoms with Crippen molar-refractivity contribution in [1.82, 2.24) is 15.4 Å². The Bertz CT molecular complexity index is 644. The third-order valence-corrected chi connectivity index (χ3v) is 4.06. The highest BCUT2D eigenvalue weighted by atomic mass is 16.5. The number of guanidine groups is 1. The molecule has 0 bridgehead atoms. The Balaban J connectivity index is 2.07. The number of nitrogens with zero attached hydrogens (tertiary/aromatic N) is 3. The Morgan fingerprint density at radius 2 is 2.00 bits per heavy atom. The lowest BCUT2D eigenvalue weighted by Crippen LogP contribution is -2.38. The molecule has 1 atom stereocenters. The number of aromatic nitrogens is 1. The highest BCUT2D eigenvalue weighted by Gasteiger charge is 2.16. The zero-order valence-electron chi connectivity index (χ0n) is 15.3. The van der Waals surface area contributed by atoms with Crippen molar-refractivity contribution >= 4 is 5.96 Å². The standard InChI is InChI=1S/C19H28N4O/c1-6-20-19(23(5)13-17-10-8-7-9-11-17)21-12-14(2)18-15(3)22-24-16(18)4/h7-11,14H,6,12-13H2,1-5H3,(H,20,21). The fraction of sp³-hybridized carbons (Fsp3) is 0.474. The maximum Gasteiger partial charge on any atom is 0.193 e. The van der Waals surface area contributed by atoms with E-state index in [9.17, 15) is 0 Å². The smallest absolute Gasteiger partial charge is 0.193 e. The van der Waals surface area contributed by atoms with Gasteiger partial charge >= 0.3 is 0 Å². The van der Waals surface area contributed by atoms with Crippen LogP contribution < -0.4 is 5.32 Å². The zero-order valence-corrected chi connectivity index (χ0v) is 15.3. The van der Waals surface area contributed by atoms with Crippen LogP contribution in [0.3, 0.4) is 0 Å². The summed E-state index contributed by atoms with van der Waals surface area (Å²) in [5.41, 5.74) is 3.39. The van der Waals surface area contributed by atoms with Gasteiger partial charge in [0.25, 0.3) is 0 Å². The first kappa shape index (κ1) is 18.0.